The predicted molar refractivity (Wildman–Crippen MR) is 133 cm³/mol. The Morgan fingerprint density at radius 1 is 1.03 bits per heavy atom. The highest BCUT2D eigenvalue weighted by molar-refractivity contribution is 5.87. The molecule has 0 bridgehead atoms. The summed E-state index contributed by atoms with van der Waals surface area (Å²) in [5.41, 5.74) is 2.54. The molecule has 0 aliphatic carbocycles. The highest BCUT2D eigenvalue weighted by atomic mass is 16.6. The fourth-order valence-corrected chi connectivity index (χ4v) is 4.24. The van der Waals surface area contributed by atoms with Crippen molar-refractivity contribution >= 4 is 17.6 Å². The van der Waals surface area contributed by atoms with Crippen molar-refractivity contribution in [1.29, 1.82) is 0 Å². The van der Waals surface area contributed by atoms with Gasteiger partial charge < -0.3 is 19.5 Å². The van der Waals surface area contributed by atoms with Gasteiger partial charge in [-0.25, -0.2) is 9.59 Å². The van der Waals surface area contributed by atoms with Crippen LogP contribution in [-0.4, -0.2) is 46.4 Å². The van der Waals surface area contributed by atoms with E-state index in [1.165, 1.54) is 0 Å². The minimum atomic E-state index is -0.928. The number of carbonyl (C=O) groups is 2. The van der Waals surface area contributed by atoms with Crippen molar-refractivity contribution < 1.29 is 24.2 Å². The van der Waals surface area contributed by atoms with E-state index in [1.807, 2.05) is 65.0 Å². The Morgan fingerprint density at radius 2 is 1.65 bits per heavy atom. The van der Waals surface area contributed by atoms with Gasteiger partial charge in [-0.05, 0) is 62.6 Å². The molecule has 1 saturated heterocycles. The third-order valence-corrected chi connectivity index (χ3v) is 5.84. The number of benzene rings is 2. The van der Waals surface area contributed by atoms with Crippen LogP contribution in [0.25, 0.3) is 5.57 Å². The van der Waals surface area contributed by atoms with E-state index in [9.17, 15) is 9.59 Å². The monoisotopic (exact) mass is 465 g/mol. The number of para-hydroxylation sites is 1. The Bertz CT molecular complexity index is 1040. The predicted octanol–water partition coefficient (Wildman–Crippen LogP) is 6.20. The van der Waals surface area contributed by atoms with E-state index < -0.39 is 17.2 Å². The van der Waals surface area contributed by atoms with Crippen LogP contribution in [-0.2, 0) is 11.2 Å². The van der Waals surface area contributed by atoms with Gasteiger partial charge in [0.25, 0.3) is 0 Å². The molecule has 2 aliphatic rings. The van der Waals surface area contributed by atoms with Gasteiger partial charge in [-0.2, -0.15) is 0 Å². The molecular formula is C28H35NO5. The molecule has 0 atom stereocenters. The quantitative estimate of drug-likeness (QED) is 0.584. The molecule has 2 aromatic rings. The van der Waals surface area contributed by atoms with Crippen molar-refractivity contribution in [3.05, 3.63) is 71.3 Å². The summed E-state index contributed by atoms with van der Waals surface area (Å²) in [5.74, 6) is -0.0826. The van der Waals surface area contributed by atoms with Crippen molar-refractivity contribution in [3.8, 4) is 5.75 Å². The average Bonchev–Trinajstić information content (AvgIpc) is 2.80. The number of carboxylic acids is 1. The van der Waals surface area contributed by atoms with Crippen LogP contribution in [0.5, 0.6) is 5.75 Å². The van der Waals surface area contributed by atoms with Crippen molar-refractivity contribution in [2.45, 2.75) is 65.1 Å². The molecule has 1 N–H and O–H groups in total. The number of hydrogen-bond acceptors (Lipinski definition) is 4. The normalized spacial score (nSPS) is 16.4. The number of hydrogen-bond donors (Lipinski definition) is 1. The summed E-state index contributed by atoms with van der Waals surface area (Å²) in [5, 5.41) is 9.15. The summed E-state index contributed by atoms with van der Waals surface area (Å²) in [6.07, 6.45) is 3.96. The van der Waals surface area contributed by atoms with Crippen molar-refractivity contribution in [2.24, 2.45) is 0 Å². The average molecular weight is 466 g/mol. The van der Waals surface area contributed by atoms with Crippen molar-refractivity contribution in [3.63, 3.8) is 0 Å². The summed E-state index contributed by atoms with van der Waals surface area (Å²) in [7, 11) is 0. The number of carboxylic acid groups (broad SMARTS) is 1. The molecule has 182 valence electrons. The number of aromatic carboxylic acids is 1. The second kappa shape index (κ2) is 10.3. The largest absolute Gasteiger partial charge is 0.482 e. The SMILES string of the molecule is CC.CC(C)(C)OC(=O)N1CCC2(C=C(Cc3ccc(C(=O)O)cc3)c3ccccc3O2)CC1. The van der Waals surface area contributed by atoms with E-state index in [0.717, 1.165) is 22.4 Å². The first-order valence-electron chi connectivity index (χ1n) is 11.9. The first-order valence-corrected chi connectivity index (χ1v) is 11.9. The Hall–Kier alpha value is -3.28. The molecule has 2 heterocycles. The Kier molecular flexibility index (Phi) is 7.70. The van der Waals surface area contributed by atoms with Crippen LogP contribution in [0, 0.1) is 0 Å². The highest BCUT2D eigenvalue weighted by Gasteiger charge is 2.40. The molecule has 2 aromatic carbocycles. The maximum atomic E-state index is 12.5. The zero-order valence-electron chi connectivity index (χ0n) is 20.8. The molecule has 1 fully saturated rings. The zero-order chi connectivity index (χ0) is 24.9. The Balaban J connectivity index is 0.00000158. The third-order valence-electron chi connectivity index (χ3n) is 5.84. The van der Waals surface area contributed by atoms with Gasteiger partial charge in [0.1, 0.15) is 17.0 Å². The van der Waals surface area contributed by atoms with E-state index in [-0.39, 0.29) is 11.7 Å². The standard InChI is InChI=1S/C26H29NO5.C2H6/c1-25(2,3)32-24(30)27-14-12-26(13-15-27)17-20(21-6-4-5-7-22(21)31-26)16-18-8-10-19(11-9-18)23(28)29;1-2/h4-11,17H,12-16H2,1-3H3,(H,28,29);1-2H3. The minimum absolute atomic E-state index is 0.279. The first kappa shape index (κ1) is 25.3. The third kappa shape index (κ3) is 5.99. The summed E-state index contributed by atoms with van der Waals surface area (Å²) < 4.78 is 12.0. The molecule has 4 rings (SSSR count). The number of piperidine rings is 1. The fourth-order valence-electron chi connectivity index (χ4n) is 4.24. The molecule has 6 heteroatoms. The van der Waals surface area contributed by atoms with Gasteiger partial charge in [-0.15, -0.1) is 0 Å². The first-order chi connectivity index (χ1) is 16.1. The van der Waals surface area contributed by atoms with Crippen molar-refractivity contribution in [1.82, 2.24) is 4.90 Å². The molecule has 34 heavy (non-hydrogen) atoms. The van der Waals surface area contributed by atoms with Gasteiger partial charge in [0.05, 0.1) is 5.56 Å². The molecule has 6 nitrogen and oxygen atoms in total. The number of rotatable bonds is 3. The molecule has 0 saturated carbocycles. The number of nitrogens with zero attached hydrogens (tertiary/aromatic N) is 1. The minimum Gasteiger partial charge on any atom is -0.482 e. The number of allylic oxidation sites excluding steroid dienone is 1. The molecule has 2 aliphatic heterocycles. The molecule has 0 unspecified atom stereocenters. The van der Waals surface area contributed by atoms with Crippen LogP contribution in [0.2, 0.25) is 0 Å². The van der Waals surface area contributed by atoms with E-state index in [4.69, 9.17) is 14.6 Å². The van der Waals surface area contributed by atoms with E-state index in [1.54, 1.807) is 17.0 Å². The smallest absolute Gasteiger partial charge is 0.410 e. The van der Waals surface area contributed by atoms with E-state index in [2.05, 4.69) is 12.1 Å². The Labute approximate surface area is 202 Å². The van der Waals surface area contributed by atoms with Gasteiger partial charge in [0, 0.05) is 31.5 Å². The number of fused-ring (bicyclic) bond motifs is 1. The summed E-state index contributed by atoms with van der Waals surface area (Å²) in [6.45, 7) is 10.7. The van der Waals surface area contributed by atoms with Crippen LogP contribution >= 0.6 is 0 Å². The highest BCUT2D eigenvalue weighted by Crippen LogP contribution is 2.42. The summed E-state index contributed by atoms with van der Waals surface area (Å²) >= 11 is 0. The molecular weight excluding hydrogens is 430 g/mol. The molecule has 0 radical (unpaired) electrons. The van der Waals surface area contributed by atoms with Crippen LogP contribution in [0.3, 0.4) is 0 Å². The summed E-state index contributed by atoms with van der Waals surface area (Å²) in [6, 6.07) is 15.0. The number of carbonyl (C=O) groups excluding carboxylic acids is 1. The molecule has 1 amide bonds. The lowest BCUT2D eigenvalue weighted by molar-refractivity contribution is -0.00123. The van der Waals surface area contributed by atoms with E-state index >= 15 is 0 Å². The van der Waals surface area contributed by atoms with Gasteiger partial charge in [-0.1, -0.05) is 44.2 Å². The molecule has 1 spiro atoms. The Morgan fingerprint density at radius 3 is 2.24 bits per heavy atom. The van der Waals surface area contributed by atoms with Crippen LogP contribution in [0.1, 0.15) is 68.9 Å². The van der Waals surface area contributed by atoms with Crippen LogP contribution in [0.4, 0.5) is 4.79 Å². The zero-order valence-corrected chi connectivity index (χ0v) is 20.8. The van der Waals surface area contributed by atoms with Crippen molar-refractivity contribution in [2.75, 3.05) is 13.1 Å². The van der Waals surface area contributed by atoms with Gasteiger partial charge in [0.15, 0.2) is 0 Å². The number of ether oxygens (including phenoxy) is 2. The van der Waals surface area contributed by atoms with Gasteiger partial charge >= 0.3 is 12.1 Å². The molecule has 0 aromatic heterocycles. The van der Waals surface area contributed by atoms with E-state index in [0.29, 0.717) is 32.4 Å². The summed E-state index contributed by atoms with van der Waals surface area (Å²) in [4.78, 5) is 25.4. The maximum Gasteiger partial charge on any atom is 0.410 e. The lowest BCUT2D eigenvalue weighted by atomic mass is 9.83. The number of amides is 1. The number of likely N-dealkylation sites (tertiary alicyclic amines) is 1. The lowest BCUT2D eigenvalue weighted by Gasteiger charge is -2.43. The van der Waals surface area contributed by atoms with Gasteiger partial charge in [0.2, 0.25) is 0 Å². The van der Waals surface area contributed by atoms with Gasteiger partial charge in [-0.3, -0.25) is 0 Å². The maximum absolute atomic E-state index is 12.5. The van der Waals surface area contributed by atoms with Crippen LogP contribution < -0.4 is 4.74 Å². The van der Waals surface area contributed by atoms with Crippen LogP contribution in [0.15, 0.2) is 54.6 Å². The fraction of sp³-hybridized carbons (Fsp3) is 0.429. The second-order valence-electron chi connectivity index (χ2n) is 9.48. The topological polar surface area (TPSA) is 76.1 Å². The second-order valence-corrected chi connectivity index (χ2v) is 9.48. The lowest BCUT2D eigenvalue weighted by Crippen LogP contribution is -2.50.